The first-order valence-corrected chi connectivity index (χ1v) is 11.9. The molecule has 2 aromatic carbocycles. The number of methoxy groups -OCH3 is 2. The highest BCUT2D eigenvalue weighted by Gasteiger charge is 2.41. The molecule has 0 aromatic heterocycles. The van der Waals surface area contributed by atoms with E-state index in [9.17, 15) is 9.59 Å². The van der Waals surface area contributed by atoms with Crippen molar-refractivity contribution >= 4 is 11.8 Å². The van der Waals surface area contributed by atoms with Crippen LogP contribution in [0.25, 0.3) is 0 Å². The van der Waals surface area contributed by atoms with E-state index in [-0.39, 0.29) is 31.7 Å². The minimum absolute atomic E-state index is 0.00178. The van der Waals surface area contributed by atoms with E-state index >= 15 is 0 Å². The van der Waals surface area contributed by atoms with Crippen LogP contribution in [0.15, 0.2) is 65.0 Å². The summed E-state index contributed by atoms with van der Waals surface area (Å²) >= 11 is 0. The van der Waals surface area contributed by atoms with Crippen molar-refractivity contribution in [3.8, 4) is 17.2 Å². The minimum atomic E-state index is -0.574. The molecule has 0 spiro atoms. The second kappa shape index (κ2) is 10.1. The first-order chi connectivity index (χ1) is 17.5. The van der Waals surface area contributed by atoms with Crippen LogP contribution in [0.4, 0.5) is 0 Å². The van der Waals surface area contributed by atoms with Crippen molar-refractivity contribution in [2.45, 2.75) is 31.6 Å². The highest BCUT2D eigenvalue weighted by molar-refractivity contribution is 6.04. The molecule has 0 bridgehead atoms. The molecule has 2 atom stereocenters. The van der Waals surface area contributed by atoms with E-state index in [0.717, 1.165) is 22.6 Å². The van der Waals surface area contributed by atoms with Crippen LogP contribution in [0.1, 0.15) is 42.7 Å². The Hall–Kier alpha value is -3.78. The second-order valence-electron chi connectivity index (χ2n) is 9.03. The predicted molar refractivity (Wildman–Crippen MR) is 131 cm³/mol. The zero-order chi connectivity index (χ0) is 25.2. The van der Waals surface area contributed by atoms with Crippen LogP contribution in [-0.2, 0) is 19.1 Å². The summed E-state index contributed by atoms with van der Waals surface area (Å²) in [6.45, 7) is 2.40. The number of benzene rings is 2. The summed E-state index contributed by atoms with van der Waals surface area (Å²) in [6, 6.07) is 13.4. The molecule has 0 unspecified atom stereocenters. The van der Waals surface area contributed by atoms with Crippen LogP contribution in [0.3, 0.4) is 0 Å². The van der Waals surface area contributed by atoms with Gasteiger partial charge in [0.2, 0.25) is 6.79 Å². The topological polar surface area (TPSA) is 92.3 Å². The number of Topliss-reactive ketones (excluding diaryl/α,β-unsaturated/α-hetero) is 1. The normalized spacial score (nSPS) is 20.7. The van der Waals surface area contributed by atoms with Crippen molar-refractivity contribution in [1.29, 1.82) is 0 Å². The maximum Gasteiger partial charge on any atom is 0.336 e. The Morgan fingerprint density at radius 2 is 1.75 bits per heavy atom. The van der Waals surface area contributed by atoms with Gasteiger partial charge in [-0.3, -0.25) is 4.79 Å². The lowest BCUT2D eigenvalue weighted by Crippen LogP contribution is -2.36. The summed E-state index contributed by atoms with van der Waals surface area (Å²) in [5.74, 6) is 0.983. The molecule has 188 valence electrons. The van der Waals surface area contributed by atoms with Gasteiger partial charge in [-0.05, 0) is 54.7 Å². The second-order valence-corrected chi connectivity index (χ2v) is 9.03. The van der Waals surface area contributed by atoms with E-state index in [0.29, 0.717) is 41.2 Å². The first-order valence-electron chi connectivity index (χ1n) is 11.9. The largest absolute Gasteiger partial charge is 0.497 e. The lowest BCUT2D eigenvalue weighted by atomic mass is 9.71. The third-order valence-electron chi connectivity index (χ3n) is 6.89. The number of ketones is 1. The van der Waals surface area contributed by atoms with Gasteiger partial charge >= 0.3 is 5.97 Å². The van der Waals surface area contributed by atoms with Crippen LogP contribution in [0.2, 0.25) is 0 Å². The van der Waals surface area contributed by atoms with Gasteiger partial charge in [0, 0.05) is 36.4 Å². The number of nitrogens with one attached hydrogen (secondary N) is 1. The molecule has 3 aliphatic rings. The molecule has 8 heteroatoms. The Balaban J connectivity index is 1.53. The standard InChI is InChI=1S/C28H29NO7/c1-16-25(28(31)34-11-10-32-2)26(18-6-9-23-24(14-18)36-15-35-23)27-21(29-16)12-19(13-22(27)30)17-4-7-20(33-3)8-5-17/h4-9,14,19,26,29H,10-13,15H2,1-3H3/t19-,26-/m0/s1. The van der Waals surface area contributed by atoms with Crippen molar-refractivity contribution in [2.75, 3.05) is 34.2 Å². The molecular weight excluding hydrogens is 462 g/mol. The summed E-state index contributed by atoms with van der Waals surface area (Å²) in [7, 11) is 3.18. The lowest BCUT2D eigenvalue weighted by molar-refractivity contribution is -0.140. The fourth-order valence-corrected chi connectivity index (χ4v) is 5.14. The van der Waals surface area contributed by atoms with Crippen molar-refractivity contribution in [1.82, 2.24) is 5.32 Å². The number of hydrogen-bond acceptors (Lipinski definition) is 8. The number of esters is 1. The van der Waals surface area contributed by atoms with E-state index in [2.05, 4.69) is 5.32 Å². The molecule has 1 aliphatic carbocycles. The summed E-state index contributed by atoms with van der Waals surface area (Å²) in [5.41, 5.74) is 4.37. The van der Waals surface area contributed by atoms with Crippen LogP contribution in [-0.4, -0.2) is 46.0 Å². The van der Waals surface area contributed by atoms with Gasteiger partial charge in [-0.1, -0.05) is 18.2 Å². The Morgan fingerprint density at radius 3 is 2.50 bits per heavy atom. The van der Waals surface area contributed by atoms with Crippen LogP contribution in [0, 0.1) is 0 Å². The quantitative estimate of drug-likeness (QED) is 0.460. The van der Waals surface area contributed by atoms with Crippen molar-refractivity contribution in [2.24, 2.45) is 0 Å². The smallest absolute Gasteiger partial charge is 0.336 e. The molecule has 2 aliphatic heterocycles. The average Bonchev–Trinajstić information content (AvgIpc) is 3.36. The average molecular weight is 492 g/mol. The summed E-state index contributed by atoms with van der Waals surface area (Å²) < 4.78 is 26.9. The molecule has 36 heavy (non-hydrogen) atoms. The Kier molecular flexibility index (Phi) is 6.69. The molecule has 8 nitrogen and oxygen atoms in total. The molecule has 5 rings (SSSR count). The SMILES string of the molecule is COCCOC(=O)C1=C(C)NC2=C(C(=O)C[C@@H](c3ccc(OC)cc3)C2)[C@H]1c1ccc2c(c1)OCO2. The van der Waals surface area contributed by atoms with E-state index in [1.807, 2.05) is 49.4 Å². The van der Waals surface area contributed by atoms with Crippen LogP contribution < -0.4 is 19.5 Å². The highest BCUT2D eigenvalue weighted by Crippen LogP contribution is 2.47. The van der Waals surface area contributed by atoms with Gasteiger partial charge in [0.15, 0.2) is 17.3 Å². The van der Waals surface area contributed by atoms with Crippen LogP contribution in [0.5, 0.6) is 17.2 Å². The van der Waals surface area contributed by atoms with Crippen molar-refractivity contribution < 1.29 is 33.3 Å². The monoisotopic (exact) mass is 491 g/mol. The molecule has 0 saturated heterocycles. The number of ether oxygens (including phenoxy) is 5. The van der Waals surface area contributed by atoms with Gasteiger partial charge in [-0.25, -0.2) is 4.79 Å². The number of allylic oxidation sites excluding steroid dienone is 3. The molecular formula is C28H29NO7. The number of carbonyl (C=O) groups is 2. The number of fused-ring (bicyclic) bond motifs is 1. The lowest BCUT2D eigenvalue weighted by Gasteiger charge is -2.36. The Morgan fingerprint density at radius 1 is 1.00 bits per heavy atom. The highest BCUT2D eigenvalue weighted by atomic mass is 16.7. The van der Waals surface area contributed by atoms with E-state index in [1.54, 1.807) is 14.2 Å². The van der Waals surface area contributed by atoms with E-state index < -0.39 is 11.9 Å². The maximum absolute atomic E-state index is 13.7. The molecule has 1 N–H and O–H groups in total. The molecule has 2 heterocycles. The predicted octanol–water partition coefficient (Wildman–Crippen LogP) is 3.98. The first kappa shape index (κ1) is 23.9. The molecule has 0 amide bonds. The summed E-state index contributed by atoms with van der Waals surface area (Å²) in [6.07, 6.45) is 0.997. The minimum Gasteiger partial charge on any atom is -0.497 e. The van der Waals surface area contributed by atoms with Gasteiger partial charge < -0.3 is 29.0 Å². The number of hydrogen-bond donors (Lipinski definition) is 1. The van der Waals surface area contributed by atoms with Crippen molar-refractivity contribution in [3.63, 3.8) is 0 Å². The van der Waals surface area contributed by atoms with E-state index in [4.69, 9.17) is 23.7 Å². The zero-order valence-corrected chi connectivity index (χ0v) is 20.6. The number of rotatable bonds is 7. The van der Waals surface area contributed by atoms with Gasteiger partial charge in [0.1, 0.15) is 12.4 Å². The van der Waals surface area contributed by atoms with Gasteiger partial charge in [0.05, 0.1) is 19.3 Å². The molecule has 0 saturated carbocycles. The van der Waals surface area contributed by atoms with Gasteiger partial charge in [-0.15, -0.1) is 0 Å². The zero-order valence-electron chi connectivity index (χ0n) is 20.6. The number of carbonyl (C=O) groups excluding carboxylic acids is 2. The number of dihydropyridines is 1. The van der Waals surface area contributed by atoms with Gasteiger partial charge in [-0.2, -0.15) is 0 Å². The van der Waals surface area contributed by atoms with Crippen LogP contribution >= 0.6 is 0 Å². The molecule has 0 fully saturated rings. The fourth-order valence-electron chi connectivity index (χ4n) is 5.14. The van der Waals surface area contributed by atoms with Crippen molar-refractivity contribution in [3.05, 3.63) is 76.1 Å². The summed E-state index contributed by atoms with van der Waals surface area (Å²) in [5, 5.41) is 3.37. The van der Waals surface area contributed by atoms with Gasteiger partial charge in [0.25, 0.3) is 0 Å². The molecule has 0 radical (unpaired) electrons. The third kappa shape index (κ3) is 4.44. The van der Waals surface area contributed by atoms with E-state index in [1.165, 1.54) is 0 Å². The summed E-state index contributed by atoms with van der Waals surface area (Å²) in [4.78, 5) is 27.0. The fraction of sp³-hybridized carbons (Fsp3) is 0.357. The Labute approximate surface area is 209 Å². The third-order valence-corrected chi connectivity index (χ3v) is 6.89. The Bertz CT molecular complexity index is 1250. The molecule has 2 aromatic rings. The maximum atomic E-state index is 13.7.